The van der Waals surface area contributed by atoms with Crippen molar-refractivity contribution in [3.63, 3.8) is 0 Å². The molecule has 138 valence electrons. The molecule has 0 radical (unpaired) electrons. The molecule has 1 aliphatic rings. The molecule has 1 saturated heterocycles. The number of carbonyl (C=O) groups is 1. The van der Waals surface area contributed by atoms with Gasteiger partial charge in [-0.25, -0.2) is 4.39 Å². The summed E-state index contributed by atoms with van der Waals surface area (Å²) >= 11 is 0. The van der Waals surface area contributed by atoms with Crippen molar-refractivity contribution in [2.45, 2.75) is 38.8 Å². The van der Waals surface area contributed by atoms with E-state index in [0.717, 1.165) is 51.1 Å². The van der Waals surface area contributed by atoms with Gasteiger partial charge in [-0.3, -0.25) is 9.69 Å². The SMILES string of the molecule is CC(N)CCC(=O)N1CCCN(Cc2ccc(F)cc2)CC1.Cl.Cl. The number of amides is 1. The Balaban J connectivity index is 0.00000264. The molecule has 1 amide bonds. The number of halogens is 3. The molecule has 7 heteroatoms. The fraction of sp³-hybridized carbons (Fsp3) is 0.588. The van der Waals surface area contributed by atoms with Gasteiger partial charge in [0.05, 0.1) is 0 Å². The number of hydrogen-bond acceptors (Lipinski definition) is 3. The van der Waals surface area contributed by atoms with Gasteiger partial charge in [0.25, 0.3) is 0 Å². The monoisotopic (exact) mass is 379 g/mol. The van der Waals surface area contributed by atoms with Crippen LogP contribution in [0.4, 0.5) is 4.39 Å². The van der Waals surface area contributed by atoms with Crippen LogP contribution in [0.3, 0.4) is 0 Å². The van der Waals surface area contributed by atoms with E-state index in [1.54, 1.807) is 0 Å². The average molecular weight is 380 g/mol. The number of nitrogens with zero attached hydrogens (tertiary/aromatic N) is 2. The Hall–Kier alpha value is -0.880. The normalized spacial score (nSPS) is 16.5. The maximum absolute atomic E-state index is 12.9. The van der Waals surface area contributed by atoms with Gasteiger partial charge in [-0.2, -0.15) is 0 Å². The topological polar surface area (TPSA) is 49.6 Å². The smallest absolute Gasteiger partial charge is 0.222 e. The number of benzene rings is 1. The maximum atomic E-state index is 12.9. The third kappa shape index (κ3) is 7.79. The van der Waals surface area contributed by atoms with Crippen molar-refractivity contribution in [2.75, 3.05) is 26.2 Å². The van der Waals surface area contributed by atoms with Crippen LogP contribution in [-0.4, -0.2) is 47.9 Å². The molecule has 1 unspecified atom stereocenters. The van der Waals surface area contributed by atoms with Gasteiger partial charge in [0, 0.05) is 45.2 Å². The zero-order valence-corrected chi connectivity index (χ0v) is 15.8. The quantitative estimate of drug-likeness (QED) is 0.855. The van der Waals surface area contributed by atoms with E-state index in [1.165, 1.54) is 12.1 Å². The molecule has 2 N–H and O–H groups in total. The largest absolute Gasteiger partial charge is 0.341 e. The van der Waals surface area contributed by atoms with Gasteiger partial charge in [-0.15, -0.1) is 24.8 Å². The minimum atomic E-state index is -0.203. The Labute approximate surface area is 156 Å². The first kappa shape index (κ1) is 23.1. The molecule has 0 aliphatic carbocycles. The number of nitrogens with two attached hydrogens (primary N) is 1. The van der Waals surface area contributed by atoms with E-state index in [4.69, 9.17) is 5.73 Å². The zero-order valence-electron chi connectivity index (χ0n) is 14.1. The number of carbonyl (C=O) groups excluding carboxylic acids is 1. The van der Waals surface area contributed by atoms with Crippen molar-refractivity contribution in [2.24, 2.45) is 5.73 Å². The highest BCUT2D eigenvalue weighted by Crippen LogP contribution is 2.11. The molecular formula is C17H28Cl2FN3O. The van der Waals surface area contributed by atoms with Gasteiger partial charge >= 0.3 is 0 Å². The average Bonchev–Trinajstić information content (AvgIpc) is 2.73. The summed E-state index contributed by atoms with van der Waals surface area (Å²) in [7, 11) is 0. The summed E-state index contributed by atoms with van der Waals surface area (Å²) in [6, 6.07) is 6.72. The van der Waals surface area contributed by atoms with Crippen molar-refractivity contribution in [1.29, 1.82) is 0 Å². The predicted molar refractivity (Wildman–Crippen MR) is 100 cm³/mol. The lowest BCUT2D eigenvalue weighted by atomic mass is 10.2. The predicted octanol–water partition coefficient (Wildman–Crippen LogP) is 2.83. The Morgan fingerprint density at radius 3 is 2.46 bits per heavy atom. The Kier molecular flexibility index (Phi) is 11.2. The molecule has 1 aromatic carbocycles. The van der Waals surface area contributed by atoms with Gasteiger partial charge in [0.2, 0.25) is 5.91 Å². The maximum Gasteiger partial charge on any atom is 0.222 e. The minimum Gasteiger partial charge on any atom is -0.341 e. The Morgan fingerprint density at radius 2 is 1.83 bits per heavy atom. The van der Waals surface area contributed by atoms with Crippen LogP contribution < -0.4 is 5.73 Å². The second-order valence-corrected chi connectivity index (χ2v) is 6.15. The van der Waals surface area contributed by atoms with Crippen molar-refractivity contribution in [3.8, 4) is 0 Å². The third-order valence-electron chi connectivity index (χ3n) is 4.07. The molecule has 2 rings (SSSR count). The van der Waals surface area contributed by atoms with E-state index in [1.807, 2.05) is 24.0 Å². The number of rotatable bonds is 5. The summed E-state index contributed by atoms with van der Waals surface area (Å²) in [6.07, 6.45) is 2.26. The van der Waals surface area contributed by atoms with E-state index in [-0.39, 0.29) is 42.6 Å². The second kappa shape index (κ2) is 11.6. The molecule has 4 nitrogen and oxygen atoms in total. The summed E-state index contributed by atoms with van der Waals surface area (Å²) < 4.78 is 12.9. The summed E-state index contributed by atoms with van der Waals surface area (Å²) in [5, 5.41) is 0. The molecule has 24 heavy (non-hydrogen) atoms. The zero-order chi connectivity index (χ0) is 15.9. The summed E-state index contributed by atoms with van der Waals surface area (Å²) in [5.74, 6) is 0.00597. The molecule has 0 spiro atoms. The first-order valence-electron chi connectivity index (χ1n) is 8.05. The lowest BCUT2D eigenvalue weighted by molar-refractivity contribution is -0.131. The fourth-order valence-electron chi connectivity index (χ4n) is 2.74. The highest BCUT2D eigenvalue weighted by molar-refractivity contribution is 5.85. The van der Waals surface area contributed by atoms with Crippen LogP contribution in [0.25, 0.3) is 0 Å². The van der Waals surface area contributed by atoms with Crippen LogP contribution in [0.5, 0.6) is 0 Å². The van der Waals surface area contributed by atoms with Crippen molar-refractivity contribution in [3.05, 3.63) is 35.6 Å². The van der Waals surface area contributed by atoms with Crippen molar-refractivity contribution in [1.82, 2.24) is 9.80 Å². The van der Waals surface area contributed by atoms with E-state index in [2.05, 4.69) is 4.90 Å². The van der Waals surface area contributed by atoms with E-state index >= 15 is 0 Å². The molecule has 1 heterocycles. The van der Waals surface area contributed by atoms with Crippen LogP contribution in [0.15, 0.2) is 24.3 Å². The second-order valence-electron chi connectivity index (χ2n) is 6.15. The lowest BCUT2D eigenvalue weighted by Gasteiger charge is -2.22. The highest BCUT2D eigenvalue weighted by Gasteiger charge is 2.19. The molecule has 1 atom stereocenters. The van der Waals surface area contributed by atoms with Crippen molar-refractivity contribution >= 4 is 30.7 Å². The first-order valence-corrected chi connectivity index (χ1v) is 8.05. The summed E-state index contributed by atoms with van der Waals surface area (Å²) in [6.45, 7) is 6.15. The highest BCUT2D eigenvalue weighted by atomic mass is 35.5. The van der Waals surface area contributed by atoms with Crippen LogP contribution >= 0.6 is 24.8 Å². The van der Waals surface area contributed by atoms with Crippen LogP contribution in [-0.2, 0) is 11.3 Å². The standard InChI is InChI=1S/C17H26FN3O.2ClH/c1-14(19)3-8-17(22)21-10-2-9-20(11-12-21)13-15-4-6-16(18)7-5-15;;/h4-7,14H,2-3,8-13,19H2,1H3;2*1H. The number of hydrogen-bond donors (Lipinski definition) is 1. The first-order chi connectivity index (χ1) is 10.5. The van der Waals surface area contributed by atoms with Gasteiger partial charge in [-0.05, 0) is 37.5 Å². The van der Waals surface area contributed by atoms with E-state index in [0.29, 0.717) is 6.42 Å². The van der Waals surface area contributed by atoms with E-state index < -0.39 is 0 Å². The molecule has 1 aliphatic heterocycles. The molecule has 1 fully saturated rings. The van der Waals surface area contributed by atoms with Gasteiger partial charge in [0.1, 0.15) is 5.82 Å². The third-order valence-corrected chi connectivity index (χ3v) is 4.07. The summed E-state index contributed by atoms with van der Waals surface area (Å²) in [5.41, 5.74) is 6.82. The van der Waals surface area contributed by atoms with Gasteiger partial charge in [0.15, 0.2) is 0 Å². The lowest BCUT2D eigenvalue weighted by Crippen LogP contribution is -2.35. The van der Waals surface area contributed by atoms with Crippen LogP contribution in [0.1, 0.15) is 31.7 Å². The molecule has 0 aromatic heterocycles. The van der Waals surface area contributed by atoms with Crippen molar-refractivity contribution < 1.29 is 9.18 Å². The molecule has 0 bridgehead atoms. The molecule has 1 aromatic rings. The Morgan fingerprint density at radius 1 is 1.17 bits per heavy atom. The molecule has 0 saturated carbocycles. The summed E-state index contributed by atoms with van der Waals surface area (Å²) in [4.78, 5) is 16.4. The minimum absolute atomic E-state index is 0. The van der Waals surface area contributed by atoms with Gasteiger partial charge < -0.3 is 10.6 Å². The van der Waals surface area contributed by atoms with Crippen LogP contribution in [0.2, 0.25) is 0 Å². The Bertz CT molecular complexity index is 485. The fourth-order valence-corrected chi connectivity index (χ4v) is 2.74. The van der Waals surface area contributed by atoms with Crippen LogP contribution in [0, 0.1) is 5.82 Å². The molecular weight excluding hydrogens is 352 g/mol. The van der Waals surface area contributed by atoms with Gasteiger partial charge in [-0.1, -0.05) is 12.1 Å². The van der Waals surface area contributed by atoms with E-state index in [9.17, 15) is 9.18 Å².